The number of rotatable bonds is 3. The normalized spacial score (nSPS) is 12.7. The van der Waals surface area contributed by atoms with Gasteiger partial charge in [-0.15, -0.1) is 0 Å². The van der Waals surface area contributed by atoms with Crippen LogP contribution in [-0.4, -0.2) is 23.9 Å². The monoisotopic (exact) mass is 189 g/mol. The van der Waals surface area contributed by atoms with E-state index in [-0.39, 0.29) is 5.60 Å². The van der Waals surface area contributed by atoms with E-state index in [2.05, 4.69) is 0 Å². The molecule has 1 amide bonds. The van der Waals surface area contributed by atoms with Crippen LogP contribution < -0.4 is 5.73 Å². The van der Waals surface area contributed by atoms with Crippen LogP contribution in [0.4, 0.5) is 4.79 Å². The van der Waals surface area contributed by atoms with Crippen LogP contribution in [0.15, 0.2) is 0 Å². The van der Waals surface area contributed by atoms with Gasteiger partial charge in [0.1, 0.15) is 5.60 Å². The van der Waals surface area contributed by atoms with E-state index in [1.165, 1.54) is 0 Å². The summed E-state index contributed by atoms with van der Waals surface area (Å²) in [5.74, 6) is 0. The van der Waals surface area contributed by atoms with Crippen molar-refractivity contribution in [1.82, 2.24) is 0 Å². The number of ether oxygens (including phenoxy) is 2. The van der Waals surface area contributed by atoms with Crippen molar-refractivity contribution in [3.8, 4) is 0 Å². The average molecular weight is 189 g/mol. The molecule has 0 rings (SSSR count). The number of hydrogen-bond donors (Lipinski definition) is 1. The summed E-state index contributed by atoms with van der Waals surface area (Å²) in [6.07, 6.45) is -0.775. The second-order valence-electron chi connectivity index (χ2n) is 4.58. The number of hydrogen-bond acceptors (Lipinski definition) is 3. The maximum absolute atomic E-state index is 10.5. The SMILES string of the molecule is CC(C)(C)OCC(C)(C)OC(N)=O. The molecular weight excluding hydrogens is 170 g/mol. The highest BCUT2D eigenvalue weighted by atomic mass is 16.6. The van der Waals surface area contributed by atoms with Gasteiger partial charge >= 0.3 is 6.09 Å². The highest BCUT2D eigenvalue weighted by Crippen LogP contribution is 2.15. The first-order valence-corrected chi connectivity index (χ1v) is 4.25. The molecular formula is C9H19NO3. The van der Waals surface area contributed by atoms with Crippen LogP contribution in [0.5, 0.6) is 0 Å². The molecule has 0 aromatic carbocycles. The predicted octanol–water partition coefficient (Wildman–Crippen LogP) is 1.68. The van der Waals surface area contributed by atoms with E-state index >= 15 is 0 Å². The third-order valence-electron chi connectivity index (χ3n) is 1.23. The first-order chi connectivity index (χ1) is 5.62. The van der Waals surface area contributed by atoms with Crippen molar-refractivity contribution in [1.29, 1.82) is 0 Å². The molecule has 0 aliphatic carbocycles. The number of carbonyl (C=O) groups excluding carboxylic acids is 1. The fraction of sp³-hybridized carbons (Fsp3) is 0.889. The van der Waals surface area contributed by atoms with E-state index in [1.807, 2.05) is 20.8 Å². The van der Waals surface area contributed by atoms with E-state index in [0.29, 0.717) is 6.61 Å². The van der Waals surface area contributed by atoms with Crippen molar-refractivity contribution in [2.75, 3.05) is 6.61 Å². The van der Waals surface area contributed by atoms with Crippen LogP contribution >= 0.6 is 0 Å². The largest absolute Gasteiger partial charge is 0.441 e. The van der Waals surface area contributed by atoms with E-state index in [1.54, 1.807) is 13.8 Å². The summed E-state index contributed by atoms with van der Waals surface area (Å²) in [6, 6.07) is 0. The van der Waals surface area contributed by atoms with Crippen molar-refractivity contribution >= 4 is 6.09 Å². The maximum atomic E-state index is 10.5. The Kier molecular flexibility index (Phi) is 3.72. The van der Waals surface area contributed by atoms with Gasteiger partial charge in [0.15, 0.2) is 0 Å². The number of carbonyl (C=O) groups is 1. The van der Waals surface area contributed by atoms with E-state index in [4.69, 9.17) is 15.2 Å². The van der Waals surface area contributed by atoms with E-state index in [0.717, 1.165) is 0 Å². The van der Waals surface area contributed by atoms with Crippen LogP contribution in [0.25, 0.3) is 0 Å². The molecule has 78 valence electrons. The van der Waals surface area contributed by atoms with Gasteiger partial charge in [-0.25, -0.2) is 4.79 Å². The average Bonchev–Trinajstić information content (AvgIpc) is 1.79. The van der Waals surface area contributed by atoms with Gasteiger partial charge in [-0.2, -0.15) is 0 Å². The molecule has 0 aliphatic heterocycles. The second-order valence-corrected chi connectivity index (χ2v) is 4.58. The second kappa shape index (κ2) is 3.96. The van der Waals surface area contributed by atoms with Gasteiger partial charge in [0.05, 0.1) is 12.2 Å². The first-order valence-electron chi connectivity index (χ1n) is 4.25. The molecule has 0 radical (unpaired) electrons. The van der Waals surface area contributed by atoms with Gasteiger partial charge < -0.3 is 15.2 Å². The summed E-state index contributed by atoms with van der Waals surface area (Å²) in [5.41, 5.74) is 4.00. The Morgan fingerprint density at radius 1 is 1.23 bits per heavy atom. The first kappa shape index (κ1) is 12.2. The molecule has 0 saturated heterocycles. The summed E-state index contributed by atoms with van der Waals surface area (Å²) in [7, 11) is 0. The lowest BCUT2D eigenvalue weighted by atomic mass is 10.1. The lowest BCUT2D eigenvalue weighted by molar-refractivity contribution is -0.0852. The Hall–Kier alpha value is -0.770. The third kappa shape index (κ3) is 7.59. The van der Waals surface area contributed by atoms with Crippen LogP contribution in [-0.2, 0) is 9.47 Å². The zero-order valence-corrected chi connectivity index (χ0v) is 9.01. The molecule has 0 aliphatic rings. The van der Waals surface area contributed by atoms with Crippen LogP contribution in [0.2, 0.25) is 0 Å². The molecule has 0 aromatic rings. The lowest BCUT2D eigenvalue weighted by Crippen LogP contribution is -2.38. The van der Waals surface area contributed by atoms with Crippen molar-refractivity contribution in [2.45, 2.75) is 45.8 Å². The number of nitrogens with two attached hydrogens (primary N) is 1. The summed E-state index contributed by atoms with van der Waals surface area (Å²) in [4.78, 5) is 10.5. The Labute approximate surface area is 79.4 Å². The topological polar surface area (TPSA) is 61.6 Å². The Bertz CT molecular complexity index is 182. The van der Waals surface area contributed by atoms with E-state index in [9.17, 15) is 4.79 Å². The molecule has 0 atom stereocenters. The zero-order valence-electron chi connectivity index (χ0n) is 9.01. The Balaban J connectivity index is 3.96. The molecule has 0 saturated carbocycles. The Morgan fingerprint density at radius 3 is 2.00 bits per heavy atom. The van der Waals surface area contributed by atoms with Crippen molar-refractivity contribution in [3.05, 3.63) is 0 Å². The minimum absolute atomic E-state index is 0.238. The standard InChI is InChI=1S/C9H19NO3/c1-8(2,3)12-6-9(4,5)13-7(10)11/h6H2,1-5H3,(H2,10,11). The maximum Gasteiger partial charge on any atom is 0.405 e. The van der Waals surface area contributed by atoms with Crippen LogP contribution in [0, 0.1) is 0 Å². The molecule has 2 N–H and O–H groups in total. The molecule has 0 unspecified atom stereocenters. The van der Waals surface area contributed by atoms with Crippen LogP contribution in [0.3, 0.4) is 0 Å². The summed E-state index contributed by atoms with van der Waals surface area (Å²) < 4.78 is 10.3. The third-order valence-corrected chi connectivity index (χ3v) is 1.23. The van der Waals surface area contributed by atoms with Gasteiger partial charge in [-0.3, -0.25) is 0 Å². The molecule has 4 heteroatoms. The quantitative estimate of drug-likeness (QED) is 0.734. The van der Waals surface area contributed by atoms with Gasteiger partial charge in [0.25, 0.3) is 0 Å². The highest BCUT2D eigenvalue weighted by molar-refractivity contribution is 5.65. The molecule has 13 heavy (non-hydrogen) atoms. The molecule has 0 bridgehead atoms. The lowest BCUT2D eigenvalue weighted by Gasteiger charge is -2.28. The van der Waals surface area contributed by atoms with Crippen molar-refractivity contribution in [3.63, 3.8) is 0 Å². The number of primary amides is 1. The Morgan fingerprint density at radius 2 is 1.69 bits per heavy atom. The van der Waals surface area contributed by atoms with Gasteiger partial charge in [-0.1, -0.05) is 0 Å². The molecule has 4 nitrogen and oxygen atoms in total. The molecule has 0 heterocycles. The smallest absolute Gasteiger partial charge is 0.405 e. The highest BCUT2D eigenvalue weighted by Gasteiger charge is 2.24. The fourth-order valence-electron chi connectivity index (χ4n) is 0.692. The van der Waals surface area contributed by atoms with Gasteiger partial charge in [-0.05, 0) is 34.6 Å². The van der Waals surface area contributed by atoms with E-state index < -0.39 is 11.7 Å². The summed E-state index contributed by atoms with van der Waals surface area (Å²) in [5, 5.41) is 0. The van der Waals surface area contributed by atoms with Gasteiger partial charge in [0.2, 0.25) is 0 Å². The fourth-order valence-corrected chi connectivity index (χ4v) is 0.692. The van der Waals surface area contributed by atoms with Crippen molar-refractivity contribution in [2.24, 2.45) is 5.73 Å². The van der Waals surface area contributed by atoms with Gasteiger partial charge in [0, 0.05) is 0 Å². The predicted molar refractivity (Wildman–Crippen MR) is 50.5 cm³/mol. The summed E-state index contributed by atoms with van der Waals surface area (Å²) in [6.45, 7) is 9.65. The minimum atomic E-state index is -0.775. The van der Waals surface area contributed by atoms with Crippen molar-refractivity contribution < 1.29 is 14.3 Å². The molecule has 0 spiro atoms. The van der Waals surface area contributed by atoms with Crippen LogP contribution in [0.1, 0.15) is 34.6 Å². The molecule has 0 fully saturated rings. The minimum Gasteiger partial charge on any atom is -0.441 e. The summed E-state index contributed by atoms with van der Waals surface area (Å²) >= 11 is 0. The zero-order chi connectivity index (χ0) is 10.7. The number of amides is 1. The molecule has 0 aromatic heterocycles.